The largest absolute Gasteiger partial charge is 0.573 e. The van der Waals surface area contributed by atoms with E-state index in [0.29, 0.717) is 0 Å². The van der Waals surface area contributed by atoms with Gasteiger partial charge in [-0.25, -0.2) is 8.42 Å². The number of ether oxygens (including phenoxy) is 1. The molecule has 0 amide bonds. The summed E-state index contributed by atoms with van der Waals surface area (Å²) in [6, 6.07) is 7.59. The molecule has 9 nitrogen and oxygen atoms in total. The first-order valence-electron chi connectivity index (χ1n) is 7.57. The number of alkyl halides is 3. The van der Waals surface area contributed by atoms with Crippen LogP contribution in [0.3, 0.4) is 0 Å². The van der Waals surface area contributed by atoms with Gasteiger partial charge in [0.1, 0.15) is 16.7 Å². The van der Waals surface area contributed by atoms with Crippen LogP contribution in [-0.4, -0.2) is 24.7 Å². The molecule has 0 unspecified atom stereocenters. The van der Waals surface area contributed by atoms with Gasteiger partial charge in [0.25, 0.3) is 10.0 Å². The minimum Gasteiger partial charge on any atom is -0.406 e. The number of hydrogen-bond acceptors (Lipinski definition) is 6. The second-order valence-corrected chi connectivity index (χ2v) is 7.24. The number of nitriles is 1. The molecule has 0 aliphatic rings. The van der Waals surface area contributed by atoms with Gasteiger partial charge in [0, 0.05) is 5.69 Å². The summed E-state index contributed by atoms with van der Waals surface area (Å²) >= 11 is 0. The summed E-state index contributed by atoms with van der Waals surface area (Å²) in [4.78, 5) is 26.7. The number of hydrogen-bond donors (Lipinski definition) is 3. The summed E-state index contributed by atoms with van der Waals surface area (Å²) in [6.45, 7) is 0. The highest BCUT2D eigenvalue weighted by atomic mass is 32.2. The van der Waals surface area contributed by atoms with Crippen molar-refractivity contribution in [2.45, 2.75) is 11.3 Å². The summed E-state index contributed by atoms with van der Waals surface area (Å²) in [5.74, 6) is -0.551. The van der Waals surface area contributed by atoms with Crippen LogP contribution in [0.25, 0.3) is 11.0 Å². The molecule has 13 heteroatoms. The van der Waals surface area contributed by atoms with E-state index in [1.165, 1.54) is 0 Å². The summed E-state index contributed by atoms with van der Waals surface area (Å²) < 4.78 is 67.7. The van der Waals surface area contributed by atoms with Crippen molar-refractivity contribution in [1.82, 2.24) is 9.97 Å². The van der Waals surface area contributed by atoms with Crippen molar-refractivity contribution >= 4 is 26.7 Å². The zero-order valence-electron chi connectivity index (χ0n) is 14.0. The molecular weight excluding hydrogens is 417 g/mol. The number of halogens is 3. The van der Waals surface area contributed by atoms with Crippen LogP contribution in [0.1, 0.15) is 5.56 Å². The smallest absolute Gasteiger partial charge is 0.406 e. The Morgan fingerprint density at radius 3 is 2.07 bits per heavy atom. The highest BCUT2D eigenvalue weighted by molar-refractivity contribution is 7.92. The average Bonchev–Trinajstić information content (AvgIpc) is 2.62. The monoisotopic (exact) mass is 426 g/mol. The second-order valence-electron chi connectivity index (χ2n) is 5.59. The van der Waals surface area contributed by atoms with E-state index >= 15 is 0 Å². The Morgan fingerprint density at radius 1 is 1.00 bits per heavy atom. The van der Waals surface area contributed by atoms with Crippen molar-refractivity contribution < 1.29 is 26.3 Å². The molecule has 3 N–H and O–H groups in total. The van der Waals surface area contributed by atoms with Crippen LogP contribution in [0.4, 0.5) is 18.9 Å². The molecule has 0 bridgehead atoms. The summed E-state index contributed by atoms with van der Waals surface area (Å²) in [5, 5.41) is 9.25. The third kappa shape index (κ3) is 4.38. The first kappa shape index (κ1) is 20.0. The molecule has 0 saturated heterocycles. The molecule has 29 heavy (non-hydrogen) atoms. The Balaban J connectivity index is 2.00. The van der Waals surface area contributed by atoms with E-state index in [1.807, 2.05) is 0 Å². The molecule has 150 valence electrons. The van der Waals surface area contributed by atoms with Gasteiger partial charge < -0.3 is 14.7 Å². The SMILES string of the molecule is N#Cc1cc2[nH]c(=O)c(=O)[nH]c2cc1S(=O)(=O)Nc1ccc(OC(F)(F)F)cc1. The third-order valence-corrected chi connectivity index (χ3v) is 4.99. The van der Waals surface area contributed by atoms with E-state index in [2.05, 4.69) is 19.4 Å². The van der Waals surface area contributed by atoms with Crippen molar-refractivity contribution in [3.8, 4) is 11.8 Å². The molecule has 0 atom stereocenters. The van der Waals surface area contributed by atoms with Crippen LogP contribution < -0.4 is 20.6 Å². The van der Waals surface area contributed by atoms with Crippen molar-refractivity contribution in [3.63, 3.8) is 0 Å². The van der Waals surface area contributed by atoms with Gasteiger partial charge in [-0.15, -0.1) is 13.2 Å². The zero-order chi connectivity index (χ0) is 21.4. The number of anilines is 1. The molecule has 0 saturated carbocycles. The summed E-state index contributed by atoms with van der Waals surface area (Å²) in [6.07, 6.45) is -4.90. The topological polar surface area (TPSA) is 145 Å². The van der Waals surface area contributed by atoms with Crippen molar-refractivity contribution in [1.29, 1.82) is 5.26 Å². The Labute approximate surface area is 159 Å². The number of aromatic nitrogens is 2. The van der Waals surface area contributed by atoms with Gasteiger partial charge in [0.2, 0.25) is 0 Å². The van der Waals surface area contributed by atoms with Crippen LogP contribution in [0.5, 0.6) is 5.75 Å². The maximum Gasteiger partial charge on any atom is 0.573 e. The number of aromatic amines is 2. The number of nitrogens with zero attached hydrogens (tertiary/aromatic N) is 1. The molecule has 1 aromatic heterocycles. The van der Waals surface area contributed by atoms with Gasteiger partial charge in [-0.05, 0) is 36.4 Å². The molecular formula is C16H9F3N4O5S. The number of fused-ring (bicyclic) bond motifs is 1. The highest BCUT2D eigenvalue weighted by Gasteiger charge is 2.31. The fourth-order valence-corrected chi connectivity index (χ4v) is 3.61. The van der Waals surface area contributed by atoms with Crippen LogP contribution >= 0.6 is 0 Å². The number of sulfonamides is 1. The van der Waals surface area contributed by atoms with Gasteiger partial charge in [-0.3, -0.25) is 14.3 Å². The Kier molecular flexibility index (Phi) is 4.81. The molecule has 0 fully saturated rings. The first-order chi connectivity index (χ1) is 13.5. The fraction of sp³-hybridized carbons (Fsp3) is 0.0625. The standard InChI is InChI=1S/C16H9F3N4O5S/c17-16(18,19)28-10-3-1-9(2-4-10)23-29(26,27)13-6-12-11(5-8(13)7-20)21-14(24)15(25)22-12/h1-6,23H,(H,21,24)(H,22,25). The molecule has 0 radical (unpaired) electrons. The quantitative estimate of drug-likeness (QED) is 0.543. The lowest BCUT2D eigenvalue weighted by Gasteiger charge is -2.12. The van der Waals surface area contributed by atoms with E-state index in [0.717, 1.165) is 36.4 Å². The fourth-order valence-electron chi connectivity index (χ4n) is 2.39. The predicted octanol–water partition coefficient (Wildman–Crippen LogP) is 1.79. The molecule has 2 aromatic carbocycles. The minimum atomic E-state index is -4.90. The maximum absolute atomic E-state index is 12.7. The number of benzene rings is 2. The van der Waals surface area contributed by atoms with E-state index in [-0.39, 0.29) is 22.3 Å². The Bertz CT molecular complexity index is 1350. The van der Waals surface area contributed by atoms with Crippen molar-refractivity contribution in [2.75, 3.05) is 4.72 Å². The molecule has 1 heterocycles. The van der Waals surface area contributed by atoms with Crippen LogP contribution in [0.2, 0.25) is 0 Å². The number of H-pyrrole nitrogens is 2. The van der Waals surface area contributed by atoms with Crippen LogP contribution in [0.15, 0.2) is 50.9 Å². The van der Waals surface area contributed by atoms with Gasteiger partial charge in [-0.2, -0.15) is 5.26 Å². The lowest BCUT2D eigenvalue weighted by molar-refractivity contribution is -0.274. The van der Waals surface area contributed by atoms with Crippen LogP contribution in [-0.2, 0) is 10.0 Å². The average molecular weight is 426 g/mol. The van der Waals surface area contributed by atoms with Crippen LogP contribution in [0, 0.1) is 11.3 Å². The van der Waals surface area contributed by atoms with E-state index in [9.17, 15) is 36.4 Å². The number of rotatable bonds is 4. The maximum atomic E-state index is 12.7. The lowest BCUT2D eigenvalue weighted by Crippen LogP contribution is -2.29. The lowest BCUT2D eigenvalue weighted by atomic mass is 10.2. The second kappa shape index (κ2) is 6.99. The van der Waals surface area contributed by atoms with E-state index in [1.54, 1.807) is 6.07 Å². The van der Waals surface area contributed by atoms with E-state index in [4.69, 9.17) is 0 Å². The molecule has 0 aliphatic carbocycles. The molecule has 0 spiro atoms. The van der Waals surface area contributed by atoms with Gasteiger partial charge in [-0.1, -0.05) is 0 Å². The van der Waals surface area contributed by atoms with Crippen molar-refractivity contribution in [2.24, 2.45) is 0 Å². The summed E-state index contributed by atoms with van der Waals surface area (Å²) in [7, 11) is -4.37. The Hall–Kier alpha value is -3.79. The summed E-state index contributed by atoms with van der Waals surface area (Å²) in [5.41, 5.74) is -2.42. The molecule has 0 aliphatic heterocycles. The first-order valence-corrected chi connectivity index (χ1v) is 9.06. The molecule has 3 rings (SSSR count). The third-order valence-electron chi connectivity index (χ3n) is 3.57. The zero-order valence-corrected chi connectivity index (χ0v) is 14.8. The van der Waals surface area contributed by atoms with Gasteiger partial charge >= 0.3 is 17.5 Å². The minimum absolute atomic E-state index is 0.0390. The normalized spacial score (nSPS) is 11.8. The van der Waals surface area contributed by atoms with E-state index < -0.39 is 38.1 Å². The predicted molar refractivity (Wildman–Crippen MR) is 93.8 cm³/mol. The van der Waals surface area contributed by atoms with Gasteiger partial charge in [0.15, 0.2) is 0 Å². The highest BCUT2D eigenvalue weighted by Crippen LogP contribution is 2.26. The Morgan fingerprint density at radius 2 is 1.55 bits per heavy atom. The number of nitrogens with one attached hydrogen (secondary N) is 3. The van der Waals surface area contributed by atoms with Crippen molar-refractivity contribution in [3.05, 3.63) is 62.7 Å². The molecule has 3 aromatic rings. The van der Waals surface area contributed by atoms with Gasteiger partial charge in [0.05, 0.1) is 16.6 Å².